The lowest BCUT2D eigenvalue weighted by Gasteiger charge is -2.32. The van der Waals surface area contributed by atoms with Gasteiger partial charge in [-0.3, -0.25) is 0 Å². The molecule has 1 aliphatic carbocycles. The summed E-state index contributed by atoms with van der Waals surface area (Å²) in [6.45, 7) is 9.36. The lowest BCUT2D eigenvalue weighted by molar-refractivity contribution is 0.205. The summed E-state index contributed by atoms with van der Waals surface area (Å²) < 4.78 is 0. The van der Waals surface area contributed by atoms with Gasteiger partial charge >= 0.3 is 0 Å². The second-order valence-electron chi connectivity index (χ2n) is 4.44. The van der Waals surface area contributed by atoms with Gasteiger partial charge in [0, 0.05) is 0 Å². The van der Waals surface area contributed by atoms with Gasteiger partial charge < -0.3 is 5.32 Å². The van der Waals surface area contributed by atoms with Crippen molar-refractivity contribution in [1.29, 1.82) is 0 Å². The Morgan fingerprint density at radius 3 is 2.50 bits per heavy atom. The molecule has 72 valence electrons. The van der Waals surface area contributed by atoms with E-state index in [1.165, 1.54) is 25.8 Å². The molecule has 0 spiro atoms. The van der Waals surface area contributed by atoms with E-state index in [-0.39, 0.29) is 0 Å². The van der Waals surface area contributed by atoms with Gasteiger partial charge in [-0.15, -0.1) is 0 Å². The quantitative estimate of drug-likeness (QED) is 0.685. The largest absolute Gasteiger partial charge is 0.317 e. The number of hydrogen-bond donors (Lipinski definition) is 1. The van der Waals surface area contributed by atoms with E-state index in [2.05, 4.69) is 26.1 Å². The zero-order valence-corrected chi connectivity index (χ0v) is 8.77. The molecular formula is C11H23N. The molecule has 12 heavy (non-hydrogen) atoms. The van der Waals surface area contributed by atoms with Crippen molar-refractivity contribution in [3.05, 3.63) is 0 Å². The molecule has 3 atom stereocenters. The van der Waals surface area contributed by atoms with Crippen molar-refractivity contribution >= 4 is 0 Å². The van der Waals surface area contributed by atoms with Gasteiger partial charge in [-0.1, -0.05) is 27.2 Å². The molecule has 0 aromatic heterocycles. The van der Waals surface area contributed by atoms with E-state index in [1.54, 1.807) is 0 Å². The third-order valence-corrected chi connectivity index (χ3v) is 3.39. The third kappa shape index (κ3) is 2.78. The predicted molar refractivity (Wildman–Crippen MR) is 54.2 cm³/mol. The molecule has 1 fully saturated rings. The van der Waals surface area contributed by atoms with E-state index in [0.717, 1.165) is 24.3 Å². The molecule has 1 aliphatic rings. The van der Waals surface area contributed by atoms with Gasteiger partial charge in [-0.2, -0.15) is 0 Å². The Morgan fingerprint density at radius 2 is 1.92 bits per heavy atom. The third-order valence-electron chi connectivity index (χ3n) is 3.39. The van der Waals surface area contributed by atoms with Crippen LogP contribution in [0.25, 0.3) is 0 Å². The Hall–Kier alpha value is -0.0400. The van der Waals surface area contributed by atoms with Crippen LogP contribution in [0.15, 0.2) is 0 Å². The highest BCUT2D eigenvalue weighted by Gasteiger charge is 2.23. The van der Waals surface area contributed by atoms with Crippen LogP contribution in [0.1, 0.15) is 40.0 Å². The van der Waals surface area contributed by atoms with Crippen molar-refractivity contribution in [2.24, 2.45) is 17.8 Å². The minimum absolute atomic E-state index is 0.947. The minimum Gasteiger partial charge on any atom is -0.317 e. The molecule has 0 radical (unpaired) electrons. The average Bonchev–Trinajstić information content (AvgIpc) is 2.07. The van der Waals surface area contributed by atoms with E-state index in [4.69, 9.17) is 0 Å². The summed E-state index contributed by atoms with van der Waals surface area (Å²) in [6.07, 6.45) is 4.32. The highest BCUT2D eigenvalue weighted by atomic mass is 14.8. The van der Waals surface area contributed by atoms with Crippen LogP contribution in [-0.2, 0) is 0 Å². The molecule has 0 bridgehead atoms. The molecule has 0 aromatic rings. The lowest BCUT2D eigenvalue weighted by Crippen LogP contribution is -2.29. The van der Waals surface area contributed by atoms with Crippen molar-refractivity contribution < 1.29 is 0 Å². The fraction of sp³-hybridized carbons (Fsp3) is 1.00. The molecular weight excluding hydrogens is 146 g/mol. The van der Waals surface area contributed by atoms with Gasteiger partial charge in [0.05, 0.1) is 0 Å². The molecule has 0 amide bonds. The molecule has 3 unspecified atom stereocenters. The first-order chi connectivity index (χ1) is 5.74. The van der Waals surface area contributed by atoms with Crippen LogP contribution in [0.3, 0.4) is 0 Å². The van der Waals surface area contributed by atoms with Crippen molar-refractivity contribution in [3.8, 4) is 0 Å². The molecule has 1 N–H and O–H groups in total. The molecule has 1 nitrogen and oxygen atoms in total. The van der Waals surface area contributed by atoms with Crippen molar-refractivity contribution in [1.82, 2.24) is 5.32 Å². The molecule has 1 saturated carbocycles. The van der Waals surface area contributed by atoms with E-state index in [1.807, 2.05) is 0 Å². The summed E-state index contributed by atoms with van der Waals surface area (Å²) in [4.78, 5) is 0. The van der Waals surface area contributed by atoms with Crippen LogP contribution in [0.2, 0.25) is 0 Å². The predicted octanol–water partition coefficient (Wildman–Crippen LogP) is 2.67. The fourth-order valence-corrected chi connectivity index (χ4v) is 2.19. The second kappa shape index (κ2) is 4.86. The maximum Gasteiger partial charge on any atom is -0.00205 e. The molecule has 0 aliphatic heterocycles. The van der Waals surface area contributed by atoms with Crippen molar-refractivity contribution in [3.63, 3.8) is 0 Å². The Balaban J connectivity index is 2.21. The van der Waals surface area contributed by atoms with Crippen LogP contribution >= 0.6 is 0 Å². The summed E-state index contributed by atoms with van der Waals surface area (Å²) in [5.41, 5.74) is 0. The number of nitrogens with one attached hydrogen (secondary N) is 1. The van der Waals surface area contributed by atoms with E-state index < -0.39 is 0 Å². The lowest BCUT2D eigenvalue weighted by atomic mass is 9.76. The zero-order chi connectivity index (χ0) is 8.97. The Kier molecular flexibility index (Phi) is 4.07. The van der Waals surface area contributed by atoms with Gasteiger partial charge in [-0.05, 0) is 43.7 Å². The Morgan fingerprint density at radius 1 is 1.17 bits per heavy atom. The van der Waals surface area contributed by atoms with Gasteiger partial charge in [0.25, 0.3) is 0 Å². The first-order valence-corrected chi connectivity index (χ1v) is 5.44. The first kappa shape index (κ1) is 10.0. The average molecular weight is 169 g/mol. The standard InChI is InChI=1S/C11H23N/c1-4-12-8-11-6-5-9(2)10(3)7-11/h9-12H,4-8H2,1-3H3. The highest BCUT2D eigenvalue weighted by molar-refractivity contribution is 4.76. The molecule has 1 rings (SSSR count). The van der Waals surface area contributed by atoms with E-state index in [9.17, 15) is 0 Å². The van der Waals surface area contributed by atoms with E-state index >= 15 is 0 Å². The van der Waals surface area contributed by atoms with Crippen LogP contribution in [0.4, 0.5) is 0 Å². The fourth-order valence-electron chi connectivity index (χ4n) is 2.19. The maximum atomic E-state index is 3.45. The van der Waals surface area contributed by atoms with Crippen molar-refractivity contribution in [2.75, 3.05) is 13.1 Å². The summed E-state index contributed by atoms with van der Waals surface area (Å²) in [7, 11) is 0. The SMILES string of the molecule is CCNCC1CCC(C)C(C)C1. The maximum absolute atomic E-state index is 3.45. The minimum atomic E-state index is 0.947. The zero-order valence-electron chi connectivity index (χ0n) is 8.77. The topological polar surface area (TPSA) is 12.0 Å². The summed E-state index contributed by atoms with van der Waals surface area (Å²) in [6, 6.07) is 0. The van der Waals surface area contributed by atoms with Gasteiger partial charge in [0.15, 0.2) is 0 Å². The Bertz CT molecular complexity index is 120. The van der Waals surface area contributed by atoms with Gasteiger partial charge in [0.2, 0.25) is 0 Å². The summed E-state index contributed by atoms with van der Waals surface area (Å²) in [5.74, 6) is 2.86. The first-order valence-electron chi connectivity index (χ1n) is 5.44. The monoisotopic (exact) mass is 169 g/mol. The number of rotatable bonds is 3. The second-order valence-corrected chi connectivity index (χ2v) is 4.44. The van der Waals surface area contributed by atoms with Crippen LogP contribution < -0.4 is 5.32 Å². The number of hydrogen-bond acceptors (Lipinski definition) is 1. The molecule has 1 heteroatoms. The Labute approximate surface area is 76.9 Å². The van der Waals surface area contributed by atoms with Crippen LogP contribution in [-0.4, -0.2) is 13.1 Å². The molecule has 0 aromatic carbocycles. The summed E-state index contributed by atoms with van der Waals surface area (Å²) in [5, 5.41) is 3.45. The molecule has 0 saturated heterocycles. The van der Waals surface area contributed by atoms with Crippen molar-refractivity contribution in [2.45, 2.75) is 40.0 Å². The summed E-state index contributed by atoms with van der Waals surface area (Å²) >= 11 is 0. The normalized spacial score (nSPS) is 36.8. The van der Waals surface area contributed by atoms with Crippen LogP contribution in [0, 0.1) is 17.8 Å². The van der Waals surface area contributed by atoms with Crippen LogP contribution in [0.5, 0.6) is 0 Å². The van der Waals surface area contributed by atoms with Gasteiger partial charge in [0.1, 0.15) is 0 Å². The highest BCUT2D eigenvalue weighted by Crippen LogP contribution is 2.32. The van der Waals surface area contributed by atoms with E-state index in [0.29, 0.717) is 0 Å². The van der Waals surface area contributed by atoms with Gasteiger partial charge in [-0.25, -0.2) is 0 Å². The smallest absolute Gasteiger partial charge is 0.00205 e. The molecule has 0 heterocycles.